The van der Waals surface area contributed by atoms with Crippen molar-refractivity contribution in [2.45, 2.75) is 171 Å². The zero-order valence-corrected chi connectivity index (χ0v) is 56.0. The van der Waals surface area contributed by atoms with E-state index in [9.17, 15) is 84.0 Å². The molecule has 3 rings (SSSR count). The van der Waals surface area contributed by atoms with Crippen molar-refractivity contribution in [2.24, 2.45) is 23.5 Å². The van der Waals surface area contributed by atoms with Gasteiger partial charge < -0.3 is 131 Å². The highest BCUT2D eigenvalue weighted by molar-refractivity contribution is 7.47. The first-order valence-electron chi connectivity index (χ1n) is 31.2. The zero-order chi connectivity index (χ0) is 70.3. The maximum Gasteiger partial charge on any atom is 0.473 e. The number of ether oxygens (including phenoxy) is 9. The summed E-state index contributed by atoms with van der Waals surface area (Å²) in [6, 6.07) is 0. The predicted molar refractivity (Wildman–Crippen MR) is 325 cm³/mol. The second-order valence-electron chi connectivity index (χ2n) is 22.5. The normalized spacial score (nSPS) is 28.1. The summed E-state index contributed by atoms with van der Waals surface area (Å²) in [7, 11) is -6.19. The van der Waals surface area contributed by atoms with E-state index in [0.29, 0.717) is 25.8 Å². The molecule has 39 heteroatoms. The SMILES string of the molecule is COP(=O)(O)OCCCCCCN.COP(=O)(O)OCNC(=O)CC(=O)NC(COCCC(=O)NCCCO[C@@H]1OC(CO)[C@H](O)[C@H](O)C1C)(COCCC(=O)NCCCO[C@@H]1OC(CO)[C@H](O)[C@H](O)C1C)COCCC(=O)NCCCO[C@@H]1OC(CO)[C@H](O)[C@H](O)C1C. The van der Waals surface area contributed by atoms with Crippen LogP contribution in [0, 0.1) is 17.8 Å². The molecule has 5 amide bonds. The third-order valence-corrected chi connectivity index (χ3v) is 16.8. The van der Waals surface area contributed by atoms with Crippen molar-refractivity contribution in [3.63, 3.8) is 0 Å². The number of aliphatic hydroxyl groups excluding tert-OH is 9. The molecular formula is C55H106N6O31P2. The average molecular weight is 1410 g/mol. The second kappa shape index (κ2) is 47.7. The maximum atomic E-state index is 13.5. The number of carbonyl (C=O) groups excluding carboxylic acids is 5. The third-order valence-electron chi connectivity index (χ3n) is 14.9. The Morgan fingerprint density at radius 2 is 0.809 bits per heavy atom. The number of phosphoric ester groups is 2. The number of nitrogens with two attached hydrogens (primary N) is 1. The highest BCUT2D eigenvalue weighted by Gasteiger charge is 2.45. The lowest BCUT2D eigenvalue weighted by molar-refractivity contribution is -0.282. The summed E-state index contributed by atoms with van der Waals surface area (Å²) in [6.07, 6.45) is -10.0. The summed E-state index contributed by atoms with van der Waals surface area (Å²) < 4.78 is 91.6. The Kier molecular flexibility index (Phi) is 44.1. The Morgan fingerprint density at radius 3 is 1.15 bits per heavy atom. The molecule has 0 saturated carbocycles. The molecule has 8 unspecified atom stereocenters. The number of phosphoric acid groups is 2. The van der Waals surface area contributed by atoms with Crippen LogP contribution in [0.15, 0.2) is 0 Å². The molecule has 3 aliphatic heterocycles. The Balaban J connectivity index is 0.00000207. The third kappa shape index (κ3) is 34.1. The van der Waals surface area contributed by atoms with Crippen LogP contribution in [0.4, 0.5) is 0 Å². The predicted octanol–water partition coefficient (Wildman–Crippen LogP) is -4.65. The average Bonchev–Trinajstić information content (AvgIpc) is 0.879. The Bertz CT molecular complexity index is 2060. The molecule has 18 N–H and O–H groups in total. The quantitative estimate of drug-likeness (QED) is 0.0118. The molecule has 0 radical (unpaired) electrons. The molecule has 17 atom stereocenters. The lowest BCUT2D eigenvalue weighted by Crippen LogP contribution is -2.59. The molecule has 3 saturated heterocycles. The van der Waals surface area contributed by atoms with E-state index in [1.165, 1.54) is 0 Å². The van der Waals surface area contributed by atoms with E-state index >= 15 is 0 Å². The van der Waals surface area contributed by atoms with Crippen LogP contribution in [0.1, 0.15) is 91.4 Å². The van der Waals surface area contributed by atoms with E-state index in [-0.39, 0.29) is 85.1 Å². The minimum atomic E-state index is -4.48. The number of carbonyl (C=O) groups is 5. The highest BCUT2D eigenvalue weighted by Crippen LogP contribution is 2.42. The summed E-state index contributed by atoms with van der Waals surface area (Å²) in [4.78, 5) is 83.0. The number of rotatable bonds is 48. The van der Waals surface area contributed by atoms with Gasteiger partial charge >= 0.3 is 15.6 Å². The molecule has 3 heterocycles. The van der Waals surface area contributed by atoms with Crippen LogP contribution in [0.3, 0.4) is 0 Å². The van der Waals surface area contributed by atoms with Crippen LogP contribution < -0.4 is 32.3 Å². The van der Waals surface area contributed by atoms with Crippen molar-refractivity contribution in [3.05, 3.63) is 0 Å². The maximum absolute atomic E-state index is 13.5. The van der Waals surface area contributed by atoms with Gasteiger partial charge in [-0.1, -0.05) is 33.6 Å². The number of hydrogen-bond acceptors (Lipinski definition) is 30. The van der Waals surface area contributed by atoms with Crippen LogP contribution in [0.2, 0.25) is 0 Å². The standard InChI is InChI=1S/C48H88N5O27P.C7H18NO4P/c1-28-39(62)42(65)31(21-54)78-45(28)74-14-5-11-49-34(57)8-17-71-24-48(53-38(61)20-37(60)52-27-77-81(68,69)70-4,25-72-18-9-35(58)50-12-6-15-75-46-29(2)40(63)43(66)32(22-55)79-46)26-73-19-10-36(59)51-13-7-16-76-47-30(3)41(64)44(67)33(23-56)80-47;1-11-13(9,10)12-7-5-3-2-4-6-8/h28-33,39-47,54-56,62-67H,5-27H2,1-4H3,(H,49,57)(H,50,58)(H,51,59)(H,52,60)(H,53,61)(H,68,69);2-8H2,1H3,(H,9,10)/t28?,29?,30?,31?,32?,33?,39-,40-,41-,42+,43+,44+,45-,46-,47-,48?;/m1./s1. The van der Waals surface area contributed by atoms with Gasteiger partial charge in [-0.2, -0.15) is 0 Å². The minimum Gasteiger partial charge on any atom is -0.394 e. The topological polar surface area (TPSA) is 548 Å². The van der Waals surface area contributed by atoms with Gasteiger partial charge in [0.25, 0.3) is 0 Å². The molecule has 0 aromatic heterocycles. The fraction of sp³-hybridized carbons (Fsp3) is 0.909. The first kappa shape index (κ1) is 86.9. The van der Waals surface area contributed by atoms with Gasteiger partial charge in [-0.25, -0.2) is 9.13 Å². The van der Waals surface area contributed by atoms with Crippen molar-refractivity contribution < 1.29 is 150 Å². The van der Waals surface area contributed by atoms with Crippen LogP contribution in [0.5, 0.6) is 0 Å². The summed E-state index contributed by atoms with van der Waals surface area (Å²) >= 11 is 0. The van der Waals surface area contributed by atoms with Crippen LogP contribution >= 0.6 is 15.6 Å². The zero-order valence-electron chi connectivity index (χ0n) is 54.2. The van der Waals surface area contributed by atoms with Crippen molar-refractivity contribution in [1.29, 1.82) is 0 Å². The number of aliphatic hydroxyl groups is 9. The molecule has 37 nitrogen and oxygen atoms in total. The van der Waals surface area contributed by atoms with E-state index in [1.807, 2.05) is 0 Å². The molecule has 0 aromatic carbocycles. The molecule has 0 bridgehead atoms. The number of hydrogen-bond donors (Lipinski definition) is 17. The molecule has 0 spiro atoms. The van der Waals surface area contributed by atoms with E-state index in [4.69, 9.17) is 53.3 Å². The van der Waals surface area contributed by atoms with Gasteiger partial charge in [0, 0.05) is 70.9 Å². The van der Waals surface area contributed by atoms with Crippen molar-refractivity contribution in [1.82, 2.24) is 26.6 Å². The molecule has 552 valence electrons. The highest BCUT2D eigenvalue weighted by atomic mass is 31.2. The Morgan fingerprint density at radius 1 is 0.457 bits per heavy atom. The number of nitrogens with one attached hydrogen (secondary N) is 5. The lowest BCUT2D eigenvalue weighted by atomic mass is 9.92. The fourth-order valence-electron chi connectivity index (χ4n) is 9.15. The van der Waals surface area contributed by atoms with Crippen LogP contribution in [0.25, 0.3) is 0 Å². The molecule has 0 aliphatic carbocycles. The van der Waals surface area contributed by atoms with Crippen molar-refractivity contribution in [3.8, 4) is 0 Å². The van der Waals surface area contributed by atoms with Crippen LogP contribution in [-0.2, 0) is 93.8 Å². The largest absolute Gasteiger partial charge is 0.473 e. The van der Waals surface area contributed by atoms with Gasteiger partial charge in [0.05, 0.1) is 104 Å². The summed E-state index contributed by atoms with van der Waals surface area (Å²) in [5.41, 5.74) is 3.64. The Hall–Kier alpha value is -3.19. The lowest BCUT2D eigenvalue weighted by Gasteiger charge is -2.40. The Labute approximate surface area is 547 Å². The fourth-order valence-corrected chi connectivity index (χ4v) is 9.95. The minimum absolute atomic E-state index is 0.0902. The smallest absolute Gasteiger partial charge is 0.394 e. The number of amides is 5. The van der Waals surface area contributed by atoms with Crippen molar-refractivity contribution in [2.75, 3.05) is 133 Å². The van der Waals surface area contributed by atoms with Gasteiger partial charge in [0.2, 0.25) is 29.5 Å². The first-order chi connectivity index (χ1) is 44.6. The summed E-state index contributed by atoms with van der Waals surface area (Å²) in [6.45, 7) is 2.20. The summed E-state index contributed by atoms with van der Waals surface area (Å²) in [5, 5.41) is 102. The second-order valence-corrected chi connectivity index (χ2v) is 25.7. The molecule has 3 aliphatic rings. The van der Waals surface area contributed by atoms with Gasteiger partial charge in [-0.15, -0.1) is 0 Å². The van der Waals surface area contributed by atoms with Gasteiger partial charge in [-0.3, -0.25) is 42.1 Å². The van der Waals surface area contributed by atoms with Crippen LogP contribution in [-0.4, -0.2) is 298 Å². The molecule has 94 heavy (non-hydrogen) atoms. The van der Waals surface area contributed by atoms with E-state index < -0.39 is 195 Å². The van der Waals surface area contributed by atoms with E-state index in [0.717, 1.165) is 39.9 Å². The monoisotopic (exact) mass is 1410 g/mol. The van der Waals surface area contributed by atoms with Crippen molar-refractivity contribution >= 4 is 45.2 Å². The van der Waals surface area contributed by atoms with Gasteiger partial charge in [0.15, 0.2) is 18.9 Å². The van der Waals surface area contributed by atoms with E-state index in [2.05, 4.69) is 44.7 Å². The number of unbranched alkanes of at least 4 members (excludes halogenated alkanes) is 3. The summed E-state index contributed by atoms with van der Waals surface area (Å²) in [5.74, 6) is -5.02. The van der Waals surface area contributed by atoms with Gasteiger partial charge in [-0.05, 0) is 38.6 Å². The molecule has 3 fully saturated rings. The first-order valence-corrected chi connectivity index (χ1v) is 34.2. The molecule has 0 aromatic rings. The molecular weight excluding hydrogens is 1300 g/mol. The van der Waals surface area contributed by atoms with Gasteiger partial charge in [0.1, 0.15) is 55.3 Å². The van der Waals surface area contributed by atoms with E-state index in [1.54, 1.807) is 20.8 Å².